The Morgan fingerprint density at radius 3 is 2.65 bits per heavy atom. The fourth-order valence-electron chi connectivity index (χ4n) is 1.92. The number of hydrogen-bond donors (Lipinski definition) is 1. The van der Waals surface area contributed by atoms with E-state index in [1.165, 1.54) is 6.26 Å². The van der Waals surface area contributed by atoms with Crippen molar-refractivity contribution in [3.63, 3.8) is 0 Å². The Balaban J connectivity index is 1.95. The lowest BCUT2D eigenvalue weighted by atomic mass is 10.1. The van der Waals surface area contributed by atoms with Crippen LogP contribution in [0.1, 0.15) is 36.4 Å². The molecule has 1 N–H and O–H groups in total. The maximum Gasteiger partial charge on any atom is 0.287 e. The van der Waals surface area contributed by atoms with Crippen molar-refractivity contribution >= 4 is 5.91 Å². The number of ether oxygens (including phenoxy) is 1. The minimum absolute atomic E-state index is 0.00850. The van der Waals surface area contributed by atoms with Crippen LogP contribution in [-0.4, -0.2) is 12.5 Å². The molecule has 1 aromatic carbocycles. The number of hydrogen-bond acceptors (Lipinski definition) is 4. The smallest absolute Gasteiger partial charge is 0.287 e. The van der Waals surface area contributed by atoms with Gasteiger partial charge in [0.25, 0.3) is 5.91 Å². The van der Waals surface area contributed by atoms with Crippen LogP contribution in [0.5, 0.6) is 5.75 Å². The molecule has 1 amide bonds. The molecule has 0 atom stereocenters. The molecule has 2 aromatic rings. The number of rotatable bonds is 7. The zero-order valence-electron chi connectivity index (χ0n) is 13.4. The highest BCUT2D eigenvalue weighted by molar-refractivity contribution is 5.91. The first kappa shape index (κ1) is 16.8. The third kappa shape index (κ3) is 5.29. The van der Waals surface area contributed by atoms with E-state index < -0.39 is 5.91 Å². The number of nitrogens with one attached hydrogen (secondary N) is 1. The minimum atomic E-state index is -0.391. The van der Waals surface area contributed by atoms with Gasteiger partial charge in [-0.3, -0.25) is 9.59 Å². The van der Waals surface area contributed by atoms with Crippen molar-refractivity contribution in [2.45, 2.75) is 26.9 Å². The van der Waals surface area contributed by atoms with Crippen molar-refractivity contribution < 1.29 is 13.9 Å². The largest absolute Gasteiger partial charge is 0.482 e. The molecule has 5 heteroatoms. The van der Waals surface area contributed by atoms with Crippen LogP contribution in [0, 0.1) is 5.92 Å². The molecule has 0 fully saturated rings. The van der Waals surface area contributed by atoms with Gasteiger partial charge in [0.15, 0.2) is 5.76 Å². The Labute approximate surface area is 135 Å². The van der Waals surface area contributed by atoms with Crippen molar-refractivity contribution in [3.05, 3.63) is 64.2 Å². The van der Waals surface area contributed by atoms with Crippen LogP contribution >= 0.6 is 0 Å². The highest BCUT2D eigenvalue weighted by Gasteiger charge is 2.12. The predicted octanol–water partition coefficient (Wildman–Crippen LogP) is 2.99. The van der Waals surface area contributed by atoms with Crippen LogP contribution in [0.4, 0.5) is 0 Å². The van der Waals surface area contributed by atoms with Crippen LogP contribution in [0.15, 0.2) is 51.9 Å². The molecule has 0 saturated carbocycles. The Morgan fingerprint density at radius 2 is 2.00 bits per heavy atom. The third-order valence-electron chi connectivity index (χ3n) is 3.27. The Bertz CT molecular complexity index is 692. The summed E-state index contributed by atoms with van der Waals surface area (Å²) in [7, 11) is 0. The standard InChI is InChI=1S/C18H21NO4/c1-13(2)8-9-19-18(21)16-10-15(20)17(12-23-16)22-11-14-6-4-3-5-7-14/h3-7,10,12-13H,8-9,11H2,1-2H3,(H,19,21). The molecule has 0 radical (unpaired) electrons. The van der Waals surface area contributed by atoms with E-state index in [9.17, 15) is 9.59 Å². The third-order valence-corrected chi connectivity index (χ3v) is 3.27. The lowest BCUT2D eigenvalue weighted by Crippen LogP contribution is -2.26. The van der Waals surface area contributed by atoms with Gasteiger partial charge in [0, 0.05) is 12.6 Å². The molecule has 5 nitrogen and oxygen atoms in total. The molecule has 0 aliphatic rings. The van der Waals surface area contributed by atoms with Gasteiger partial charge in [0.2, 0.25) is 11.2 Å². The second-order valence-corrected chi connectivity index (χ2v) is 5.69. The maximum absolute atomic E-state index is 12.0. The predicted molar refractivity (Wildman–Crippen MR) is 87.5 cm³/mol. The van der Waals surface area contributed by atoms with E-state index in [2.05, 4.69) is 19.2 Å². The summed E-state index contributed by atoms with van der Waals surface area (Å²) in [5, 5.41) is 2.72. The van der Waals surface area contributed by atoms with E-state index in [0.717, 1.165) is 18.1 Å². The number of carbonyl (C=O) groups excluding carboxylic acids is 1. The summed E-state index contributed by atoms with van der Waals surface area (Å²) in [6.07, 6.45) is 2.05. The quantitative estimate of drug-likeness (QED) is 0.853. The number of carbonyl (C=O) groups is 1. The molecule has 0 saturated heterocycles. The molecule has 122 valence electrons. The normalized spacial score (nSPS) is 10.6. The summed E-state index contributed by atoms with van der Waals surface area (Å²) in [4.78, 5) is 23.9. The van der Waals surface area contributed by atoms with Crippen molar-refractivity contribution in [1.29, 1.82) is 0 Å². The molecular weight excluding hydrogens is 294 g/mol. The van der Waals surface area contributed by atoms with Crippen LogP contribution in [0.2, 0.25) is 0 Å². The van der Waals surface area contributed by atoms with Gasteiger partial charge >= 0.3 is 0 Å². The lowest BCUT2D eigenvalue weighted by molar-refractivity contribution is 0.0921. The summed E-state index contributed by atoms with van der Waals surface area (Å²) < 4.78 is 10.6. The van der Waals surface area contributed by atoms with Gasteiger partial charge in [-0.15, -0.1) is 0 Å². The monoisotopic (exact) mass is 315 g/mol. The van der Waals surface area contributed by atoms with Crippen LogP contribution in [-0.2, 0) is 6.61 Å². The molecule has 0 aliphatic heterocycles. The Morgan fingerprint density at radius 1 is 1.26 bits per heavy atom. The average Bonchev–Trinajstić information content (AvgIpc) is 2.54. The van der Waals surface area contributed by atoms with E-state index in [-0.39, 0.29) is 23.5 Å². The summed E-state index contributed by atoms with van der Waals surface area (Å²) in [5.41, 5.74) is 0.573. The zero-order chi connectivity index (χ0) is 16.7. The summed E-state index contributed by atoms with van der Waals surface area (Å²) in [6.45, 7) is 4.97. The van der Waals surface area contributed by atoms with E-state index in [1.807, 2.05) is 30.3 Å². The van der Waals surface area contributed by atoms with Crippen LogP contribution in [0.25, 0.3) is 0 Å². The van der Waals surface area contributed by atoms with Gasteiger partial charge in [-0.25, -0.2) is 0 Å². The van der Waals surface area contributed by atoms with E-state index in [0.29, 0.717) is 12.5 Å². The first-order valence-corrected chi connectivity index (χ1v) is 7.64. The fraction of sp³-hybridized carbons (Fsp3) is 0.333. The maximum atomic E-state index is 12.0. The topological polar surface area (TPSA) is 68.5 Å². The zero-order valence-corrected chi connectivity index (χ0v) is 13.4. The van der Waals surface area contributed by atoms with Crippen molar-refractivity contribution in [2.75, 3.05) is 6.54 Å². The van der Waals surface area contributed by atoms with Crippen LogP contribution in [0.3, 0.4) is 0 Å². The Hall–Kier alpha value is -2.56. The van der Waals surface area contributed by atoms with Crippen molar-refractivity contribution in [3.8, 4) is 5.75 Å². The number of benzene rings is 1. The molecular formula is C18H21NO4. The molecule has 1 heterocycles. The minimum Gasteiger partial charge on any atom is -0.482 e. The molecule has 0 bridgehead atoms. The molecule has 0 unspecified atom stereocenters. The van der Waals surface area contributed by atoms with Gasteiger partial charge in [0.1, 0.15) is 12.9 Å². The second kappa shape index (κ2) is 8.17. The van der Waals surface area contributed by atoms with Gasteiger partial charge in [-0.2, -0.15) is 0 Å². The van der Waals surface area contributed by atoms with Crippen LogP contribution < -0.4 is 15.5 Å². The van der Waals surface area contributed by atoms with Gasteiger partial charge in [-0.05, 0) is 17.9 Å². The second-order valence-electron chi connectivity index (χ2n) is 5.69. The molecule has 23 heavy (non-hydrogen) atoms. The molecule has 0 spiro atoms. The van der Waals surface area contributed by atoms with Gasteiger partial charge in [0.05, 0.1) is 0 Å². The summed E-state index contributed by atoms with van der Waals surface area (Å²) in [6, 6.07) is 10.7. The average molecular weight is 315 g/mol. The molecule has 2 rings (SSSR count). The van der Waals surface area contributed by atoms with E-state index in [4.69, 9.17) is 9.15 Å². The number of amides is 1. The first-order chi connectivity index (χ1) is 11.1. The van der Waals surface area contributed by atoms with Gasteiger partial charge < -0.3 is 14.5 Å². The van der Waals surface area contributed by atoms with Crippen molar-refractivity contribution in [2.24, 2.45) is 5.92 Å². The van der Waals surface area contributed by atoms with E-state index in [1.54, 1.807) is 0 Å². The summed E-state index contributed by atoms with van der Waals surface area (Å²) in [5.74, 6) is 0.187. The Kier molecular flexibility index (Phi) is 5.97. The highest BCUT2D eigenvalue weighted by Crippen LogP contribution is 2.09. The van der Waals surface area contributed by atoms with E-state index >= 15 is 0 Å². The first-order valence-electron chi connectivity index (χ1n) is 7.64. The highest BCUT2D eigenvalue weighted by atomic mass is 16.5. The summed E-state index contributed by atoms with van der Waals surface area (Å²) >= 11 is 0. The fourth-order valence-corrected chi connectivity index (χ4v) is 1.92. The van der Waals surface area contributed by atoms with Gasteiger partial charge in [-0.1, -0.05) is 44.2 Å². The SMILES string of the molecule is CC(C)CCNC(=O)c1cc(=O)c(OCc2ccccc2)co1. The molecule has 1 aromatic heterocycles. The molecule has 0 aliphatic carbocycles. The van der Waals surface area contributed by atoms with Crippen molar-refractivity contribution in [1.82, 2.24) is 5.32 Å². The lowest BCUT2D eigenvalue weighted by Gasteiger charge is -2.08.